The summed E-state index contributed by atoms with van der Waals surface area (Å²) in [5, 5.41) is 6.08. The Hall–Kier alpha value is -4.06. The summed E-state index contributed by atoms with van der Waals surface area (Å²) in [6.07, 6.45) is 2.40. The van der Waals surface area contributed by atoms with Gasteiger partial charge in [-0.05, 0) is 48.4 Å². The summed E-state index contributed by atoms with van der Waals surface area (Å²) in [6, 6.07) is 24.4. The zero-order valence-corrected chi connectivity index (χ0v) is 18.8. The first-order valence-electron chi connectivity index (χ1n) is 10.8. The Morgan fingerprint density at radius 2 is 1.67 bits per heavy atom. The predicted molar refractivity (Wildman–Crippen MR) is 133 cm³/mol. The van der Waals surface area contributed by atoms with E-state index < -0.39 is 0 Å². The Balaban J connectivity index is 1.59. The molecule has 0 aliphatic carbocycles. The summed E-state index contributed by atoms with van der Waals surface area (Å²) in [5.41, 5.74) is 3.01. The van der Waals surface area contributed by atoms with E-state index in [0.717, 1.165) is 17.0 Å². The van der Waals surface area contributed by atoms with Crippen LogP contribution in [-0.2, 0) is 11.2 Å². The molecule has 0 spiro atoms. The third-order valence-electron chi connectivity index (χ3n) is 5.14. The standard InChI is InChI=1S/C27H29N3O3/c1-3-19-30(22-9-5-4-6-10-22)26(31)20-29-25-12-8-7-11-24(25)27(32)28-18-17-21-13-15-23(33-2)16-14-21/h3-16,29H,1,17-20H2,2H3,(H,28,32). The van der Waals surface area contributed by atoms with E-state index >= 15 is 0 Å². The fourth-order valence-electron chi connectivity index (χ4n) is 3.40. The molecule has 0 saturated carbocycles. The SMILES string of the molecule is C=CCN(C(=O)CNc1ccccc1C(=O)NCCc1ccc(OC)cc1)c1ccccc1. The molecule has 170 valence electrons. The van der Waals surface area contributed by atoms with E-state index in [-0.39, 0.29) is 18.4 Å². The number of amides is 2. The maximum Gasteiger partial charge on any atom is 0.253 e. The first-order valence-corrected chi connectivity index (χ1v) is 10.8. The largest absolute Gasteiger partial charge is 0.497 e. The van der Waals surface area contributed by atoms with E-state index in [2.05, 4.69) is 17.2 Å². The van der Waals surface area contributed by atoms with Crippen LogP contribution in [-0.4, -0.2) is 38.6 Å². The van der Waals surface area contributed by atoms with Crippen LogP contribution in [0.25, 0.3) is 0 Å². The molecule has 3 rings (SSSR count). The van der Waals surface area contributed by atoms with E-state index in [1.165, 1.54) is 0 Å². The average molecular weight is 444 g/mol. The molecular weight excluding hydrogens is 414 g/mol. The summed E-state index contributed by atoms with van der Waals surface area (Å²) in [5.74, 6) is 0.497. The third-order valence-corrected chi connectivity index (χ3v) is 5.14. The van der Waals surface area contributed by atoms with Crippen LogP contribution in [0.4, 0.5) is 11.4 Å². The Morgan fingerprint density at radius 1 is 0.970 bits per heavy atom. The monoisotopic (exact) mass is 443 g/mol. The quantitative estimate of drug-likeness (QED) is 0.434. The van der Waals surface area contributed by atoms with Gasteiger partial charge < -0.3 is 20.3 Å². The number of benzene rings is 3. The molecule has 0 saturated heterocycles. The summed E-state index contributed by atoms with van der Waals surface area (Å²) in [4.78, 5) is 27.3. The number of carbonyl (C=O) groups is 2. The lowest BCUT2D eigenvalue weighted by Crippen LogP contribution is -2.36. The summed E-state index contributed by atoms with van der Waals surface area (Å²) in [6.45, 7) is 4.70. The molecular formula is C27H29N3O3. The number of ether oxygens (including phenoxy) is 1. The van der Waals surface area contributed by atoms with Crippen molar-refractivity contribution >= 4 is 23.2 Å². The second kappa shape index (κ2) is 12.1. The lowest BCUT2D eigenvalue weighted by molar-refractivity contribution is -0.116. The Bertz CT molecular complexity index is 1070. The summed E-state index contributed by atoms with van der Waals surface area (Å²) >= 11 is 0. The summed E-state index contributed by atoms with van der Waals surface area (Å²) < 4.78 is 5.17. The van der Waals surface area contributed by atoms with Crippen LogP contribution in [0.5, 0.6) is 5.75 Å². The van der Waals surface area contributed by atoms with Gasteiger partial charge in [0.1, 0.15) is 5.75 Å². The lowest BCUT2D eigenvalue weighted by atomic mass is 10.1. The highest BCUT2D eigenvalue weighted by Crippen LogP contribution is 2.17. The molecule has 0 atom stereocenters. The van der Waals surface area contributed by atoms with Crippen molar-refractivity contribution in [2.45, 2.75) is 6.42 Å². The molecule has 6 nitrogen and oxygen atoms in total. The van der Waals surface area contributed by atoms with Crippen molar-refractivity contribution in [2.24, 2.45) is 0 Å². The van der Waals surface area contributed by atoms with Crippen molar-refractivity contribution < 1.29 is 14.3 Å². The molecule has 0 bridgehead atoms. The molecule has 0 heterocycles. The fourth-order valence-corrected chi connectivity index (χ4v) is 3.40. The number of para-hydroxylation sites is 2. The second-order valence-electron chi connectivity index (χ2n) is 7.38. The molecule has 2 N–H and O–H groups in total. The van der Waals surface area contributed by atoms with Crippen LogP contribution in [0, 0.1) is 0 Å². The van der Waals surface area contributed by atoms with E-state index in [1.54, 1.807) is 36.3 Å². The van der Waals surface area contributed by atoms with Crippen molar-refractivity contribution in [2.75, 3.05) is 37.0 Å². The molecule has 0 aromatic heterocycles. The van der Waals surface area contributed by atoms with Crippen molar-refractivity contribution in [3.05, 3.63) is 103 Å². The van der Waals surface area contributed by atoms with Gasteiger partial charge in [0.15, 0.2) is 0 Å². The van der Waals surface area contributed by atoms with Gasteiger partial charge in [0.05, 0.1) is 19.2 Å². The van der Waals surface area contributed by atoms with E-state index in [0.29, 0.717) is 30.8 Å². The number of carbonyl (C=O) groups excluding carboxylic acids is 2. The topological polar surface area (TPSA) is 70.7 Å². The molecule has 0 fully saturated rings. The molecule has 6 heteroatoms. The van der Waals surface area contributed by atoms with Gasteiger partial charge >= 0.3 is 0 Å². The average Bonchev–Trinajstić information content (AvgIpc) is 2.87. The van der Waals surface area contributed by atoms with Gasteiger partial charge in [-0.15, -0.1) is 6.58 Å². The number of anilines is 2. The maximum atomic E-state index is 12.9. The number of hydrogen-bond acceptors (Lipinski definition) is 4. The Kier molecular flexibility index (Phi) is 8.65. The van der Waals surface area contributed by atoms with Gasteiger partial charge in [0.25, 0.3) is 5.91 Å². The van der Waals surface area contributed by atoms with Gasteiger partial charge in [-0.3, -0.25) is 9.59 Å². The minimum absolute atomic E-state index is 0.0544. The number of nitrogens with one attached hydrogen (secondary N) is 2. The zero-order valence-electron chi connectivity index (χ0n) is 18.8. The van der Waals surface area contributed by atoms with E-state index in [1.807, 2.05) is 60.7 Å². The Labute approximate surface area is 194 Å². The van der Waals surface area contributed by atoms with Crippen LogP contribution in [0.15, 0.2) is 91.5 Å². The normalized spacial score (nSPS) is 10.2. The number of hydrogen-bond donors (Lipinski definition) is 2. The van der Waals surface area contributed by atoms with Crippen LogP contribution >= 0.6 is 0 Å². The predicted octanol–water partition coefficient (Wildman–Crippen LogP) is 4.30. The van der Waals surface area contributed by atoms with E-state index in [9.17, 15) is 9.59 Å². The lowest BCUT2D eigenvalue weighted by Gasteiger charge is -2.22. The third kappa shape index (κ3) is 6.71. The highest BCUT2D eigenvalue weighted by atomic mass is 16.5. The molecule has 3 aromatic carbocycles. The summed E-state index contributed by atoms with van der Waals surface area (Å²) in [7, 11) is 1.63. The van der Waals surface area contributed by atoms with Crippen molar-refractivity contribution in [3.63, 3.8) is 0 Å². The number of rotatable bonds is 11. The first-order chi connectivity index (χ1) is 16.1. The molecule has 2 amide bonds. The maximum absolute atomic E-state index is 12.9. The minimum Gasteiger partial charge on any atom is -0.497 e. The highest BCUT2D eigenvalue weighted by Gasteiger charge is 2.16. The van der Waals surface area contributed by atoms with Crippen LogP contribution in [0.2, 0.25) is 0 Å². The van der Waals surface area contributed by atoms with Crippen LogP contribution < -0.4 is 20.3 Å². The fraction of sp³-hybridized carbons (Fsp3) is 0.185. The first kappa shape index (κ1) is 23.6. The van der Waals surface area contributed by atoms with Gasteiger partial charge in [-0.1, -0.05) is 48.5 Å². The van der Waals surface area contributed by atoms with Gasteiger partial charge in [-0.25, -0.2) is 0 Å². The van der Waals surface area contributed by atoms with Crippen LogP contribution in [0.3, 0.4) is 0 Å². The highest BCUT2D eigenvalue weighted by molar-refractivity contribution is 6.01. The zero-order chi connectivity index (χ0) is 23.5. The van der Waals surface area contributed by atoms with Crippen molar-refractivity contribution in [3.8, 4) is 5.75 Å². The minimum atomic E-state index is -0.190. The number of nitrogens with zero attached hydrogens (tertiary/aromatic N) is 1. The molecule has 33 heavy (non-hydrogen) atoms. The van der Waals surface area contributed by atoms with Gasteiger partial charge in [-0.2, -0.15) is 0 Å². The molecule has 0 radical (unpaired) electrons. The molecule has 0 aliphatic heterocycles. The van der Waals surface area contributed by atoms with Crippen molar-refractivity contribution in [1.29, 1.82) is 0 Å². The molecule has 0 unspecified atom stereocenters. The Morgan fingerprint density at radius 3 is 2.36 bits per heavy atom. The van der Waals surface area contributed by atoms with Gasteiger partial charge in [0.2, 0.25) is 5.91 Å². The van der Waals surface area contributed by atoms with Crippen molar-refractivity contribution in [1.82, 2.24) is 5.32 Å². The molecule has 0 aliphatic rings. The van der Waals surface area contributed by atoms with Crippen LogP contribution in [0.1, 0.15) is 15.9 Å². The second-order valence-corrected chi connectivity index (χ2v) is 7.38. The van der Waals surface area contributed by atoms with Gasteiger partial charge in [0, 0.05) is 24.5 Å². The smallest absolute Gasteiger partial charge is 0.253 e. The molecule has 3 aromatic rings. The van der Waals surface area contributed by atoms with E-state index in [4.69, 9.17) is 4.74 Å². The number of methoxy groups -OCH3 is 1.